The molecule has 72 valence electrons. The van der Waals surface area contributed by atoms with Crippen LogP contribution < -0.4 is 4.74 Å². The largest absolute Gasteiger partial charge is 0.492 e. The molecule has 0 N–H and O–H groups in total. The monoisotopic (exact) mass is 195 g/mol. The van der Waals surface area contributed by atoms with Crippen LogP contribution in [-0.2, 0) is 6.42 Å². The summed E-state index contributed by atoms with van der Waals surface area (Å²) in [6, 6.07) is 2.43. The molecule has 0 spiro atoms. The zero-order valence-corrected chi connectivity index (χ0v) is 7.31. The lowest BCUT2D eigenvalue weighted by Crippen LogP contribution is -2.12. The zero-order chi connectivity index (χ0) is 10.1. The summed E-state index contributed by atoms with van der Waals surface area (Å²) in [6.07, 6.45) is 1.19. The molecule has 0 saturated heterocycles. The van der Waals surface area contributed by atoms with E-state index in [0.717, 1.165) is 6.07 Å². The van der Waals surface area contributed by atoms with E-state index in [0.29, 0.717) is 25.0 Å². The molecule has 0 aliphatic carbocycles. The Bertz CT molecular complexity index is 423. The second kappa shape index (κ2) is 3.26. The van der Waals surface area contributed by atoms with Gasteiger partial charge in [-0.05, 0) is 12.8 Å². The van der Waals surface area contributed by atoms with E-state index in [1.54, 1.807) is 6.07 Å². The molecule has 4 heteroatoms. The molecule has 2 nitrogen and oxygen atoms in total. The van der Waals surface area contributed by atoms with Gasteiger partial charge in [0.1, 0.15) is 29.0 Å². The van der Waals surface area contributed by atoms with Crippen LogP contribution >= 0.6 is 0 Å². The number of hydrogen-bond acceptors (Lipinski definition) is 2. The Morgan fingerprint density at radius 1 is 1.36 bits per heavy atom. The van der Waals surface area contributed by atoms with Crippen LogP contribution in [0, 0.1) is 23.0 Å². The molecule has 1 heterocycles. The molecule has 0 saturated carbocycles. The maximum atomic E-state index is 13.2. The summed E-state index contributed by atoms with van der Waals surface area (Å²) in [5.74, 6) is -1.40. The Balaban J connectivity index is 2.69. The maximum absolute atomic E-state index is 13.2. The number of benzene rings is 1. The van der Waals surface area contributed by atoms with Crippen LogP contribution in [0.3, 0.4) is 0 Å². The van der Waals surface area contributed by atoms with E-state index in [2.05, 4.69) is 0 Å². The SMILES string of the molecule is N#Cc1c(F)cc(F)c2c1OCCC2. The van der Waals surface area contributed by atoms with Crippen molar-refractivity contribution < 1.29 is 13.5 Å². The van der Waals surface area contributed by atoms with Crippen LogP contribution in [0.25, 0.3) is 0 Å². The van der Waals surface area contributed by atoms with Gasteiger partial charge in [-0.25, -0.2) is 8.78 Å². The summed E-state index contributed by atoms with van der Waals surface area (Å²) in [7, 11) is 0. The minimum absolute atomic E-state index is 0.0799. The average Bonchev–Trinajstić information content (AvgIpc) is 2.18. The van der Waals surface area contributed by atoms with Gasteiger partial charge in [0.15, 0.2) is 0 Å². The number of nitriles is 1. The first-order valence-electron chi connectivity index (χ1n) is 4.28. The Morgan fingerprint density at radius 3 is 2.86 bits per heavy atom. The molecule has 0 bridgehead atoms. The van der Waals surface area contributed by atoms with Gasteiger partial charge in [0, 0.05) is 11.6 Å². The first kappa shape index (κ1) is 8.95. The second-order valence-electron chi connectivity index (χ2n) is 3.09. The molecule has 1 aromatic rings. The Hall–Kier alpha value is -1.63. The third-order valence-electron chi connectivity index (χ3n) is 2.21. The molecule has 1 aliphatic heterocycles. The van der Waals surface area contributed by atoms with Gasteiger partial charge in [0.25, 0.3) is 0 Å². The molecular formula is C10H7F2NO. The van der Waals surface area contributed by atoms with Crippen molar-refractivity contribution in [1.29, 1.82) is 5.26 Å². The molecule has 0 atom stereocenters. The first-order chi connectivity index (χ1) is 6.74. The molecular weight excluding hydrogens is 188 g/mol. The predicted molar refractivity (Wildman–Crippen MR) is 44.9 cm³/mol. The van der Waals surface area contributed by atoms with Gasteiger partial charge in [-0.2, -0.15) is 5.26 Å². The van der Waals surface area contributed by atoms with Gasteiger partial charge < -0.3 is 4.74 Å². The number of hydrogen-bond donors (Lipinski definition) is 0. The van der Waals surface area contributed by atoms with Gasteiger partial charge in [0.05, 0.1) is 6.61 Å². The standard InChI is InChI=1S/C10H7F2NO/c11-8-4-9(12)7(5-13)10-6(8)2-1-3-14-10/h4H,1-3H2. The number of nitrogens with zero attached hydrogens (tertiary/aromatic N) is 1. The first-order valence-corrected chi connectivity index (χ1v) is 4.28. The lowest BCUT2D eigenvalue weighted by Gasteiger charge is -2.18. The van der Waals surface area contributed by atoms with Gasteiger partial charge in [-0.1, -0.05) is 0 Å². The van der Waals surface area contributed by atoms with Crippen LogP contribution in [0.5, 0.6) is 5.75 Å². The van der Waals surface area contributed by atoms with Gasteiger partial charge >= 0.3 is 0 Å². The summed E-state index contributed by atoms with van der Waals surface area (Å²) >= 11 is 0. The predicted octanol–water partition coefficient (Wildman–Crippen LogP) is 2.16. The Morgan fingerprint density at radius 2 is 2.14 bits per heavy atom. The number of rotatable bonds is 0. The molecule has 14 heavy (non-hydrogen) atoms. The highest BCUT2D eigenvalue weighted by Gasteiger charge is 2.22. The van der Waals surface area contributed by atoms with E-state index in [4.69, 9.17) is 10.00 Å². The highest BCUT2D eigenvalue weighted by atomic mass is 19.1. The van der Waals surface area contributed by atoms with E-state index in [1.165, 1.54) is 0 Å². The van der Waals surface area contributed by atoms with Gasteiger partial charge in [-0.15, -0.1) is 0 Å². The Kier molecular flexibility index (Phi) is 2.08. The molecule has 1 aromatic carbocycles. The van der Waals surface area contributed by atoms with Crippen molar-refractivity contribution in [2.75, 3.05) is 6.61 Å². The fourth-order valence-electron chi connectivity index (χ4n) is 1.56. The minimum Gasteiger partial charge on any atom is -0.492 e. The van der Waals surface area contributed by atoms with Crippen LogP contribution in [0.4, 0.5) is 8.78 Å². The number of fused-ring (bicyclic) bond motifs is 1. The summed E-state index contributed by atoms with van der Waals surface area (Å²) in [5.41, 5.74) is 0.121. The van der Waals surface area contributed by atoms with Crippen LogP contribution in [0.2, 0.25) is 0 Å². The van der Waals surface area contributed by atoms with Crippen molar-refractivity contribution in [1.82, 2.24) is 0 Å². The van der Waals surface area contributed by atoms with Crippen LogP contribution in [0.1, 0.15) is 17.5 Å². The molecule has 2 rings (SSSR count). The van der Waals surface area contributed by atoms with E-state index in [9.17, 15) is 8.78 Å². The molecule has 0 unspecified atom stereocenters. The number of halogens is 2. The van der Waals surface area contributed by atoms with Crippen molar-refractivity contribution >= 4 is 0 Å². The lowest BCUT2D eigenvalue weighted by atomic mass is 10.0. The second-order valence-corrected chi connectivity index (χ2v) is 3.09. The average molecular weight is 195 g/mol. The van der Waals surface area contributed by atoms with Crippen molar-refractivity contribution in [3.05, 3.63) is 28.8 Å². The Labute approximate surface area is 79.7 Å². The molecule has 1 aliphatic rings. The third kappa shape index (κ3) is 1.22. The molecule has 0 radical (unpaired) electrons. The van der Waals surface area contributed by atoms with E-state index >= 15 is 0 Å². The van der Waals surface area contributed by atoms with E-state index < -0.39 is 11.6 Å². The van der Waals surface area contributed by atoms with Gasteiger partial charge in [-0.3, -0.25) is 0 Å². The molecule has 0 aromatic heterocycles. The normalized spacial score (nSPS) is 14.1. The van der Waals surface area contributed by atoms with Gasteiger partial charge in [0.2, 0.25) is 0 Å². The lowest BCUT2D eigenvalue weighted by molar-refractivity contribution is 0.281. The summed E-state index contributed by atoms with van der Waals surface area (Å²) < 4.78 is 31.4. The topological polar surface area (TPSA) is 33.0 Å². The fourth-order valence-corrected chi connectivity index (χ4v) is 1.56. The quantitative estimate of drug-likeness (QED) is 0.635. The molecule has 0 fully saturated rings. The summed E-state index contributed by atoms with van der Waals surface area (Å²) in [5, 5.41) is 8.67. The van der Waals surface area contributed by atoms with Crippen molar-refractivity contribution in [3.63, 3.8) is 0 Å². The van der Waals surface area contributed by atoms with Crippen LogP contribution in [-0.4, -0.2) is 6.61 Å². The van der Waals surface area contributed by atoms with E-state index in [-0.39, 0.29) is 11.3 Å². The number of ether oxygens (including phenoxy) is 1. The van der Waals surface area contributed by atoms with Crippen molar-refractivity contribution in [2.45, 2.75) is 12.8 Å². The van der Waals surface area contributed by atoms with Crippen LogP contribution in [0.15, 0.2) is 6.07 Å². The highest BCUT2D eigenvalue weighted by Crippen LogP contribution is 2.32. The van der Waals surface area contributed by atoms with E-state index in [1.807, 2.05) is 0 Å². The maximum Gasteiger partial charge on any atom is 0.147 e. The summed E-state index contributed by atoms with van der Waals surface area (Å²) in [4.78, 5) is 0. The third-order valence-corrected chi connectivity index (χ3v) is 2.21. The zero-order valence-electron chi connectivity index (χ0n) is 7.31. The summed E-state index contributed by atoms with van der Waals surface area (Å²) in [6.45, 7) is 0.407. The fraction of sp³-hybridized carbons (Fsp3) is 0.300. The van der Waals surface area contributed by atoms with Crippen molar-refractivity contribution in [2.24, 2.45) is 0 Å². The smallest absolute Gasteiger partial charge is 0.147 e. The minimum atomic E-state index is -0.856. The highest BCUT2D eigenvalue weighted by molar-refractivity contribution is 5.50. The molecule has 0 amide bonds. The van der Waals surface area contributed by atoms with Crippen molar-refractivity contribution in [3.8, 4) is 11.8 Å².